The molecule has 0 bridgehead atoms. The summed E-state index contributed by atoms with van der Waals surface area (Å²) < 4.78 is 0. The minimum Gasteiger partial charge on any atom is -0.263 e. The molecule has 0 aliphatic carbocycles. The first-order valence-corrected chi connectivity index (χ1v) is 2.39. The van der Waals surface area contributed by atoms with E-state index in [1.807, 2.05) is 0 Å². The zero-order chi connectivity index (χ0) is 6.69. The van der Waals surface area contributed by atoms with Crippen LogP contribution in [0, 0.1) is 0 Å². The summed E-state index contributed by atoms with van der Waals surface area (Å²) in [5.74, 6) is 0.109. The van der Waals surface area contributed by atoms with E-state index in [2.05, 4.69) is 4.98 Å². The lowest BCUT2D eigenvalue weighted by Gasteiger charge is -2.03. The Morgan fingerprint density at radius 2 is 2.11 bits per heavy atom. The molecule has 0 aromatic carbocycles. The summed E-state index contributed by atoms with van der Waals surface area (Å²) in [5.41, 5.74) is 0. The van der Waals surface area contributed by atoms with Crippen molar-refractivity contribution in [1.29, 1.82) is 0 Å². The van der Waals surface area contributed by atoms with Gasteiger partial charge in [0.05, 0.1) is 0 Å². The van der Waals surface area contributed by atoms with E-state index >= 15 is 0 Å². The fourth-order valence-electron chi connectivity index (χ4n) is 0.472. The van der Waals surface area contributed by atoms with Crippen LogP contribution in [-0.4, -0.2) is 15.4 Å². The third-order valence-electron chi connectivity index (χ3n) is 0.854. The van der Waals surface area contributed by atoms with Crippen molar-refractivity contribution in [2.45, 2.75) is 0 Å². The normalized spacial score (nSPS) is 9.11. The Kier molecular flexibility index (Phi) is 1.62. The van der Waals surface area contributed by atoms with Crippen LogP contribution in [-0.2, 0) is 0 Å². The molecule has 0 spiro atoms. The van der Waals surface area contributed by atoms with Crippen LogP contribution in [0.15, 0.2) is 24.4 Å². The molecule has 1 aromatic heterocycles. The predicted octanol–water partition coefficient (Wildman–Crippen LogP) is 0.666. The van der Waals surface area contributed by atoms with Crippen LogP contribution >= 0.6 is 0 Å². The molecule has 2 N–H and O–H groups in total. The zero-order valence-electron chi connectivity index (χ0n) is 4.60. The van der Waals surface area contributed by atoms with Gasteiger partial charge in [0, 0.05) is 6.20 Å². The number of anilines is 1. The summed E-state index contributed by atoms with van der Waals surface area (Å²) in [4.78, 5) is 3.60. The SMILES string of the molecule is ON(O)c1ccccn1. The van der Waals surface area contributed by atoms with Crippen LogP contribution in [0.4, 0.5) is 5.82 Å². The van der Waals surface area contributed by atoms with E-state index in [1.165, 1.54) is 12.3 Å². The predicted molar refractivity (Wildman–Crippen MR) is 30.3 cm³/mol. The molecule has 0 amide bonds. The first-order chi connectivity index (χ1) is 4.30. The Hall–Kier alpha value is -1.13. The van der Waals surface area contributed by atoms with Crippen molar-refractivity contribution in [3.05, 3.63) is 24.4 Å². The van der Waals surface area contributed by atoms with Crippen molar-refractivity contribution in [2.75, 3.05) is 5.23 Å². The second-order valence-electron chi connectivity index (χ2n) is 1.48. The highest BCUT2D eigenvalue weighted by Crippen LogP contribution is 2.01. The van der Waals surface area contributed by atoms with E-state index in [1.54, 1.807) is 12.1 Å². The first-order valence-electron chi connectivity index (χ1n) is 2.39. The van der Waals surface area contributed by atoms with E-state index in [-0.39, 0.29) is 11.0 Å². The molecule has 1 heterocycles. The largest absolute Gasteiger partial charge is 0.263 e. The van der Waals surface area contributed by atoms with Gasteiger partial charge in [-0.25, -0.2) is 4.98 Å². The van der Waals surface area contributed by atoms with Gasteiger partial charge in [-0.05, 0) is 12.1 Å². The Balaban J connectivity index is 2.85. The van der Waals surface area contributed by atoms with Crippen molar-refractivity contribution >= 4 is 5.82 Å². The maximum atomic E-state index is 8.35. The lowest BCUT2D eigenvalue weighted by Crippen LogP contribution is -2.11. The minimum atomic E-state index is -0.0278. The first kappa shape index (κ1) is 6.00. The lowest BCUT2D eigenvalue weighted by molar-refractivity contribution is 0.0268. The van der Waals surface area contributed by atoms with Crippen LogP contribution in [0.2, 0.25) is 0 Å². The summed E-state index contributed by atoms with van der Waals surface area (Å²) in [6.07, 6.45) is 1.47. The molecule has 0 unspecified atom stereocenters. The molecular weight excluding hydrogens is 120 g/mol. The van der Waals surface area contributed by atoms with Crippen molar-refractivity contribution in [1.82, 2.24) is 4.98 Å². The molecule has 0 atom stereocenters. The van der Waals surface area contributed by atoms with Crippen molar-refractivity contribution in [3.63, 3.8) is 0 Å². The van der Waals surface area contributed by atoms with Gasteiger partial charge in [0.2, 0.25) is 0 Å². The van der Waals surface area contributed by atoms with E-state index in [9.17, 15) is 0 Å². The molecule has 9 heavy (non-hydrogen) atoms. The van der Waals surface area contributed by atoms with Crippen molar-refractivity contribution in [3.8, 4) is 0 Å². The third-order valence-corrected chi connectivity index (χ3v) is 0.854. The molecule has 4 heteroatoms. The Morgan fingerprint density at radius 3 is 2.44 bits per heavy atom. The van der Waals surface area contributed by atoms with E-state index in [0.29, 0.717) is 0 Å². The number of nitrogens with zero attached hydrogens (tertiary/aromatic N) is 2. The van der Waals surface area contributed by atoms with E-state index in [0.717, 1.165) is 0 Å². The molecule has 0 saturated heterocycles. The maximum Gasteiger partial charge on any atom is 0.183 e. The van der Waals surface area contributed by atoms with Gasteiger partial charge in [0.15, 0.2) is 5.82 Å². The zero-order valence-corrected chi connectivity index (χ0v) is 4.60. The fourth-order valence-corrected chi connectivity index (χ4v) is 0.472. The molecule has 0 radical (unpaired) electrons. The van der Waals surface area contributed by atoms with Crippen LogP contribution in [0.25, 0.3) is 0 Å². The Bertz CT molecular complexity index is 176. The molecular formula is C5H6N2O2. The van der Waals surface area contributed by atoms with Gasteiger partial charge in [-0.3, -0.25) is 10.4 Å². The summed E-state index contributed by atoms with van der Waals surface area (Å²) in [7, 11) is 0. The minimum absolute atomic E-state index is 0.0278. The summed E-state index contributed by atoms with van der Waals surface area (Å²) >= 11 is 0. The molecule has 0 aliphatic heterocycles. The van der Waals surface area contributed by atoms with Crippen LogP contribution in [0.5, 0.6) is 0 Å². The van der Waals surface area contributed by atoms with Crippen LogP contribution in [0.1, 0.15) is 0 Å². The van der Waals surface area contributed by atoms with E-state index in [4.69, 9.17) is 10.4 Å². The molecule has 0 fully saturated rings. The van der Waals surface area contributed by atoms with Gasteiger partial charge in [-0.1, -0.05) is 6.07 Å². The molecule has 4 nitrogen and oxygen atoms in total. The number of pyridine rings is 1. The summed E-state index contributed by atoms with van der Waals surface area (Å²) in [5, 5.41) is 16.7. The molecule has 48 valence electrons. The average molecular weight is 126 g/mol. The highest BCUT2D eigenvalue weighted by molar-refractivity contribution is 5.29. The van der Waals surface area contributed by atoms with Gasteiger partial charge in [-0.2, -0.15) is 0 Å². The van der Waals surface area contributed by atoms with Crippen molar-refractivity contribution < 1.29 is 10.4 Å². The molecule has 0 aliphatic rings. The summed E-state index contributed by atoms with van der Waals surface area (Å²) in [6.45, 7) is 0. The standard InChI is InChI=1S/C5H6N2O2/c8-7(9)5-3-1-2-4-6-5/h1-4,8-9H. The smallest absolute Gasteiger partial charge is 0.183 e. The quantitative estimate of drug-likeness (QED) is 0.543. The molecule has 0 saturated carbocycles. The van der Waals surface area contributed by atoms with E-state index < -0.39 is 0 Å². The number of hydrogen-bond acceptors (Lipinski definition) is 4. The third kappa shape index (κ3) is 1.38. The Morgan fingerprint density at radius 1 is 1.33 bits per heavy atom. The van der Waals surface area contributed by atoms with Crippen LogP contribution in [0.3, 0.4) is 0 Å². The highest BCUT2D eigenvalue weighted by Gasteiger charge is 1.94. The summed E-state index contributed by atoms with van der Waals surface area (Å²) in [6, 6.07) is 4.81. The lowest BCUT2D eigenvalue weighted by atomic mass is 10.5. The molecule has 1 rings (SSSR count). The van der Waals surface area contributed by atoms with Gasteiger partial charge < -0.3 is 0 Å². The second kappa shape index (κ2) is 2.43. The second-order valence-corrected chi connectivity index (χ2v) is 1.48. The monoisotopic (exact) mass is 126 g/mol. The average Bonchev–Trinajstić information content (AvgIpc) is 1.90. The number of hydrogen-bond donors (Lipinski definition) is 2. The Labute approximate surface area is 51.9 Å². The van der Waals surface area contributed by atoms with Gasteiger partial charge in [0.25, 0.3) is 0 Å². The van der Waals surface area contributed by atoms with Crippen molar-refractivity contribution in [2.24, 2.45) is 0 Å². The molecule has 1 aromatic rings. The number of rotatable bonds is 1. The van der Waals surface area contributed by atoms with Gasteiger partial charge in [0.1, 0.15) is 0 Å². The number of aromatic nitrogens is 1. The van der Waals surface area contributed by atoms with Gasteiger partial charge in [-0.15, -0.1) is 5.23 Å². The highest BCUT2D eigenvalue weighted by atomic mass is 16.8. The van der Waals surface area contributed by atoms with Gasteiger partial charge >= 0.3 is 0 Å². The fraction of sp³-hybridized carbons (Fsp3) is 0. The maximum absolute atomic E-state index is 8.35. The topological polar surface area (TPSA) is 56.6 Å². The van der Waals surface area contributed by atoms with Crippen LogP contribution < -0.4 is 5.23 Å².